The van der Waals surface area contributed by atoms with E-state index in [2.05, 4.69) is 24.5 Å². The topological polar surface area (TPSA) is 24.1 Å². The number of hydrogen-bond acceptors (Lipinski definition) is 2. The lowest BCUT2D eigenvalue weighted by atomic mass is 9.73. The monoisotopic (exact) mass is 266 g/mol. The van der Waals surface area contributed by atoms with Crippen LogP contribution in [0.3, 0.4) is 0 Å². The summed E-state index contributed by atoms with van der Waals surface area (Å²) >= 11 is 0. The van der Waals surface area contributed by atoms with Crippen molar-refractivity contribution < 1.29 is 0 Å². The molecule has 0 aromatic heterocycles. The molecule has 1 aliphatic carbocycles. The van der Waals surface area contributed by atoms with Gasteiger partial charge in [-0.3, -0.25) is 0 Å². The predicted molar refractivity (Wildman–Crippen MR) is 83.5 cm³/mol. The summed E-state index contributed by atoms with van der Waals surface area (Å²) in [5.41, 5.74) is 1.17. The highest BCUT2D eigenvalue weighted by Gasteiger charge is 2.32. The van der Waals surface area contributed by atoms with Crippen LogP contribution in [0.15, 0.2) is 0 Å². The number of rotatable bonds is 6. The normalized spacial score (nSPS) is 26.2. The van der Waals surface area contributed by atoms with Crippen molar-refractivity contribution in [3.05, 3.63) is 0 Å². The smallest absolute Gasteiger partial charge is 0.000899 e. The molecule has 1 heterocycles. The van der Waals surface area contributed by atoms with Crippen molar-refractivity contribution in [3.63, 3.8) is 0 Å². The Morgan fingerprint density at radius 2 is 1.63 bits per heavy atom. The highest BCUT2D eigenvalue weighted by molar-refractivity contribution is 4.88. The molecule has 0 radical (unpaired) electrons. The van der Waals surface area contributed by atoms with E-state index in [1.165, 1.54) is 84.0 Å². The molecule has 2 fully saturated rings. The second-order valence-corrected chi connectivity index (χ2v) is 7.47. The quantitative estimate of drug-likeness (QED) is 0.766. The van der Waals surface area contributed by atoms with Crippen LogP contribution < -0.4 is 10.6 Å². The Labute approximate surface area is 120 Å². The first kappa shape index (κ1) is 15.3. The SMILES string of the molecule is CCCC1(CNCC2(C)CCCCC2)CCNCC1. The Bertz CT molecular complexity index is 244. The van der Waals surface area contributed by atoms with E-state index in [1.807, 2.05) is 0 Å². The molecule has 1 saturated heterocycles. The van der Waals surface area contributed by atoms with Crippen LogP contribution in [-0.4, -0.2) is 26.2 Å². The molecular formula is C17H34N2. The van der Waals surface area contributed by atoms with Crippen molar-refractivity contribution >= 4 is 0 Å². The van der Waals surface area contributed by atoms with Crippen LogP contribution in [0.25, 0.3) is 0 Å². The van der Waals surface area contributed by atoms with Crippen LogP contribution in [0.4, 0.5) is 0 Å². The summed E-state index contributed by atoms with van der Waals surface area (Å²) < 4.78 is 0. The van der Waals surface area contributed by atoms with Crippen LogP contribution in [0.5, 0.6) is 0 Å². The molecule has 2 rings (SSSR count). The molecule has 0 atom stereocenters. The highest BCUT2D eigenvalue weighted by Crippen LogP contribution is 2.36. The number of hydrogen-bond donors (Lipinski definition) is 2. The van der Waals surface area contributed by atoms with Gasteiger partial charge in [0.15, 0.2) is 0 Å². The molecule has 2 nitrogen and oxygen atoms in total. The predicted octanol–water partition coefficient (Wildman–Crippen LogP) is 3.72. The summed E-state index contributed by atoms with van der Waals surface area (Å²) in [6, 6.07) is 0. The van der Waals surface area contributed by atoms with E-state index in [4.69, 9.17) is 0 Å². The van der Waals surface area contributed by atoms with Crippen LogP contribution in [0, 0.1) is 10.8 Å². The fraction of sp³-hybridized carbons (Fsp3) is 1.00. The molecule has 0 spiro atoms. The first-order valence-corrected chi connectivity index (χ1v) is 8.60. The summed E-state index contributed by atoms with van der Waals surface area (Å²) in [6.07, 6.45) is 12.7. The second-order valence-electron chi connectivity index (χ2n) is 7.47. The van der Waals surface area contributed by atoms with Crippen molar-refractivity contribution in [1.82, 2.24) is 10.6 Å². The number of piperidine rings is 1. The van der Waals surface area contributed by atoms with Gasteiger partial charge in [0, 0.05) is 13.1 Å². The van der Waals surface area contributed by atoms with Gasteiger partial charge in [0.1, 0.15) is 0 Å². The molecule has 0 unspecified atom stereocenters. The van der Waals surface area contributed by atoms with Gasteiger partial charge >= 0.3 is 0 Å². The Morgan fingerprint density at radius 3 is 2.26 bits per heavy atom. The summed E-state index contributed by atoms with van der Waals surface area (Å²) in [5, 5.41) is 7.38. The Kier molecular flexibility index (Phi) is 5.70. The van der Waals surface area contributed by atoms with Gasteiger partial charge in [-0.2, -0.15) is 0 Å². The van der Waals surface area contributed by atoms with Gasteiger partial charge in [-0.1, -0.05) is 39.5 Å². The van der Waals surface area contributed by atoms with E-state index in [9.17, 15) is 0 Å². The fourth-order valence-corrected chi connectivity index (χ4v) is 4.21. The largest absolute Gasteiger partial charge is 0.317 e. The third-order valence-corrected chi connectivity index (χ3v) is 5.56. The lowest BCUT2D eigenvalue weighted by molar-refractivity contribution is 0.152. The molecule has 1 saturated carbocycles. The van der Waals surface area contributed by atoms with E-state index < -0.39 is 0 Å². The minimum atomic E-state index is 0.582. The summed E-state index contributed by atoms with van der Waals surface area (Å²) in [5.74, 6) is 0. The summed E-state index contributed by atoms with van der Waals surface area (Å²) in [6.45, 7) is 9.77. The van der Waals surface area contributed by atoms with E-state index in [1.54, 1.807) is 0 Å². The summed E-state index contributed by atoms with van der Waals surface area (Å²) in [4.78, 5) is 0. The molecule has 0 aromatic rings. The van der Waals surface area contributed by atoms with Gasteiger partial charge in [-0.25, -0.2) is 0 Å². The fourth-order valence-electron chi connectivity index (χ4n) is 4.21. The van der Waals surface area contributed by atoms with Crippen molar-refractivity contribution in [2.75, 3.05) is 26.2 Å². The van der Waals surface area contributed by atoms with E-state index >= 15 is 0 Å². The molecule has 0 amide bonds. The first-order valence-electron chi connectivity index (χ1n) is 8.60. The molecule has 2 N–H and O–H groups in total. The maximum absolute atomic E-state index is 3.86. The minimum absolute atomic E-state index is 0.582. The van der Waals surface area contributed by atoms with Gasteiger partial charge < -0.3 is 10.6 Å². The number of nitrogens with one attached hydrogen (secondary N) is 2. The Morgan fingerprint density at radius 1 is 0.947 bits per heavy atom. The van der Waals surface area contributed by atoms with Crippen molar-refractivity contribution in [3.8, 4) is 0 Å². The maximum atomic E-state index is 3.86. The average molecular weight is 266 g/mol. The third-order valence-electron chi connectivity index (χ3n) is 5.56. The first-order chi connectivity index (χ1) is 9.18. The second kappa shape index (κ2) is 7.08. The summed E-state index contributed by atoms with van der Waals surface area (Å²) in [7, 11) is 0. The minimum Gasteiger partial charge on any atom is -0.317 e. The lowest BCUT2D eigenvalue weighted by Gasteiger charge is -2.40. The molecule has 1 aliphatic heterocycles. The van der Waals surface area contributed by atoms with E-state index in [0.717, 1.165) is 0 Å². The van der Waals surface area contributed by atoms with E-state index in [0.29, 0.717) is 10.8 Å². The van der Waals surface area contributed by atoms with Crippen molar-refractivity contribution in [1.29, 1.82) is 0 Å². The van der Waals surface area contributed by atoms with Crippen LogP contribution in [0.1, 0.15) is 71.6 Å². The Balaban J connectivity index is 1.78. The average Bonchev–Trinajstić information content (AvgIpc) is 2.40. The third kappa shape index (κ3) is 4.46. The van der Waals surface area contributed by atoms with Crippen LogP contribution in [-0.2, 0) is 0 Å². The molecule has 0 aromatic carbocycles. The zero-order valence-electron chi connectivity index (χ0n) is 13.2. The van der Waals surface area contributed by atoms with Crippen LogP contribution in [0.2, 0.25) is 0 Å². The van der Waals surface area contributed by atoms with Gasteiger partial charge in [0.2, 0.25) is 0 Å². The zero-order chi connectivity index (χ0) is 13.6. The zero-order valence-corrected chi connectivity index (χ0v) is 13.2. The van der Waals surface area contributed by atoms with Crippen molar-refractivity contribution in [2.45, 2.75) is 71.6 Å². The van der Waals surface area contributed by atoms with E-state index in [-0.39, 0.29) is 0 Å². The van der Waals surface area contributed by atoms with Gasteiger partial charge in [-0.05, 0) is 56.0 Å². The molecule has 2 aliphatic rings. The van der Waals surface area contributed by atoms with Gasteiger partial charge in [0.05, 0.1) is 0 Å². The van der Waals surface area contributed by atoms with Crippen LogP contribution >= 0.6 is 0 Å². The lowest BCUT2D eigenvalue weighted by Crippen LogP contribution is -2.45. The molecule has 19 heavy (non-hydrogen) atoms. The Hall–Kier alpha value is -0.0800. The maximum Gasteiger partial charge on any atom is 0.000899 e. The highest BCUT2D eigenvalue weighted by atomic mass is 14.9. The molecular weight excluding hydrogens is 232 g/mol. The molecule has 2 heteroatoms. The standard InChI is InChI=1S/C17H34N2/c1-3-7-17(10-12-18-13-11-17)15-19-14-16(2)8-5-4-6-9-16/h18-19H,3-15H2,1-2H3. The van der Waals surface area contributed by atoms with Gasteiger partial charge in [0.25, 0.3) is 0 Å². The van der Waals surface area contributed by atoms with Gasteiger partial charge in [-0.15, -0.1) is 0 Å². The molecule has 112 valence electrons. The van der Waals surface area contributed by atoms with Crippen molar-refractivity contribution in [2.24, 2.45) is 10.8 Å². The molecule has 0 bridgehead atoms.